The van der Waals surface area contributed by atoms with Crippen molar-refractivity contribution in [2.24, 2.45) is 0 Å². The van der Waals surface area contributed by atoms with Crippen LogP contribution < -0.4 is 0 Å². The summed E-state index contributed by atoms with van der Waals surface area (Å²) in [6.07, 6.45) is 0.0930. The van der Waals surface area contributed by atoms with Crippen molar-refractivity contribution in [1.82, 2.24) is 4.57 Å². The summed E-state index contributed by atoms with van der Waals surface area (Å²) in [5.74, 6) is -2.54. The molecule has 92 valence electrons. The second-order valence-corrected chi connectivity index (χ2v) is 3.49. The van der Waals surface area contributed by atoms with Crippen molar-refractivity contribution in [3.63, 3.8) is 0 Å². The summed E-state index contributed by atoms with van der Waals surface area (Å²) in [6, 6.07) is 5.00. The zero-order valence-electron chi connectivity index (χ0n) is 8.93. The molecule has 1 aromatic heterocycles. The van der Waals surface area contributed by atoms with Gasteiger partial charge >= 0.3 is 6.09 Å². The topological polar surface area (TPSA) is 59.3 Å². The van der Waals surface area contributed by atoms with Crippen LogP contribution in [-0.4, -0.2) is 22.1 Å². The van der Waals surface area contributed by atoms with Gasteiger partial charge in [0.15, 0.2) is 17.9 Å². The van der Waals surface area contributed by atoms with Gasteiger partial charge in [0.25, 0.3) is 0 Å². The summed E-state index contributed by atoms with van der Waals surface area (Å²) in [7, 11) is 0. The lowest BCUT2D eigenvalue weighted by Crippen LogP contribution is -2.09. The quantitative estimate of drug-likeness (QED) is 0.835. The molecule has 0 saturated heterocycles. The summed E-state index contributed by atoms with van der Waals surface area (Å²) < 4.78 is 27.9. The molecular formula is C12H7F2NO3. The highest BCUT2D eigenvalue weighted by molar-refractivity contribution is 5.80. The summed E-state index contributed by atoms with van der Waals surface area (Å²) in [4.78, 5) is 21.3. The number of aldehydes is 1. The Morgan fingerprint density at radius 3 is 2.56 bits per heavy atom. The van der Waals surface area contributed by atoms with Gasteiger partial charge in [0.1, 0.15) is 0 Å². The van der Waals surface area contributed by atoms with Gasteiger partial charge in [-0.05, 0) is 24.3 Å². The Kier molecular flexibility index (Phi) is 2.93. The number of halogens is 2. The highest BCUT2D eigenvalue weighted by Crippen LogP contribution is 2.26. The van der Waals surface area contributed by atoms with Gasteiger partial charge in [-0.25, -0.2) is 13.6 Å². The van der Waals surface area contributed by atoms with Gasteiger partial charge in [-0.2, -0.15) is 0 Å². The van der Waals surface area contributed by atoms with E-state index in [1.54, 1.807) is 0 Å². The highest BCUT2D eigenvalue weighted by atomic mass is 19.2. The van der Waals surface area contributed by atoms with E-state index in [2.05, 4.69) is 0 Å². The first-order valence-corrected chi connectivity index (χ1v) is 4.90. The molecule has 0 radical (unpaired) electrons. The monoisotopic (exact) mass is 251 g/mol. The van der Waals surface area contributed by atoms with Crippen LogP contribution in [0.5, 0.6) is 0 Å². The van der Waals surface area contributed by atoms with Crippen LogP contribution in [0.3, 0.4) is 0 Å². The lowest BCUT2D eigenvalue weighted by atomic mass is 10.1. The van der Waals surface area contributed by atoms with Crippen LogP contribution in [0, 0.1) is 11.6 Å². The highest BCUT2D eigenvalue weighted by Gasteiger charge is 2.18. The van der Waals surface area contributed by atoms with E-state index in [-0.39, 0.29) is 17.5 Å². The number of rotatable bonds is 2. The van der Waals surface area contributed by atoms with Gasteiger partial charge in [0, 0.05) is 11.8 Å². The average Bonchev–Trinajstić information content (AvgIpc) is 2.81. The molecule has 0 atom stereocenters. The molecule has 6 heteroatoms. The second kappa shape index (κ2) is 4.40. The molecular weight excluding hydrogens is 244 g/mol. The summed E-state index contributed by atoms with van der Waals surface area (Å²) in [6.45, 7) is 0. The third-order valence-electron chi connectivity index (χ3n) is 2.47. The smallest absolute Gasteiger partial charge is 0.416 e. The molecule has 0 aliphatic carbocycles. The molecule has 4 nitrogen and oxygen atoms in total. The molecule has 0 bridgehead atoms. The van der Waals surface area contributed by atoms with Crippen molar-refractivity contribution in [2.75, 3.05) is 0 Å². The zero-order valence-corrected chi connectivity index (χ0v) is 8.93. The fourth-order valence-electron chi connectivity index (χ4n) is 1.62. The standard InChI is InChI=1S/C12H7F2NO3/c13-10-7(6-16)3-4-8(11(10)14)9-2-1-5-15(9)12(17)18/h1-6H,(H,17,18). The molecule has 2 aromatic rings. The van der Waals surface area contributed by atoms with E-state index in [1.165, 1.54) is 18.3 Å². The Bertz CT molecular complexity index is 634. The number of aromatic nitrogens is 1. The van der Waals surface area contributed by atoms with Crippen LogP contribution in [-0.2, 0) is 0 Å². The lowest BCUT2D eigenvalue weighted by Gasteiger charge is -2.07. The maximum atomic E-state index is 13.7. The maximum Gasteiger partial charge on any atom is 0.416 e. The van der Waals surface area contributed by atoms with Crippen molar-refractivity contribution in [2.45, 2.75) is 0 Å². The second-order valence-electron chi connectivity index (χ2n) is 3.49. The Morgan fingerprint density at radius 2 is 1.94 bits per heavy atom. The van der Waals surface area contributed by atoms with E-state index in [4.69, 9.17) is 5.11 Å². The van der Waals surface area contributed by atoms with Crippen LogP contribution in [0.15, 0.2) is 30.5 Å². The Hall–Kier alpha value is -2.50. The zero-order chi connectivity index (χ0) is 13.3. The first-order chi connectivity index (χ1) is 8.56. The van der Waals surface area contributed by atoms with Crippen LogP contribution in [0.2, 0.25) is 0 Å². The molecule has 0 aliphatic heterocycles. The van der Waals surface area contributed by atoms with E-state index in [1.807, 2.05) is 0 Å². The fraction of sp³-hybridized carbons (Fsp3) is 0. The molecule has 2 rings (SSSR count). The first kappa shape index (κ1) is 12.0. The molecule has 1 aromatic carbocycles. The molecule has 0 saturated carbocycles. The normalized spacial score (nSPS) is 10.3. The van der Waals surface area contributed by atoms with Crippen LogP contribution in [0.25, 0.3) is 11.3 Å². The van der Waals surface area contributed by atoms with E-state index < -0.39 is 23.3 Å². The minimum Gasteiger partial charge on any atom is -0.464 e. The minimum absolute atomic E-state index is 0.00338. The summed E-state index contributed by atoms with van der Waals surface area (Å²) in [5, 5.41) is 8.87. The third-order valence-corrected chi connectivity index (χ3v) is 2.47. The minimum atomic E-state index is -1.31. The molecule has 0 fully saturated rings. The Balaban J connectivity index is 2.65. The molecule has 0 unspecified atom stereocenters. The number of carboxylic acid groups (broad SMARTS) is 1. The molecule has 0 aliphatic rings. The van der Waals surface area contributed by atoms with Crippen LogP contribution in [0.1, 0.15) is 10.4 Å². The summed E-state index contributed by atoms with van der Waals surface area (Å²) >= 11 is 0. The molecule has 18 heavy (non-hydrogen) atoms. The van der Waals surface area contributed by atoms with Crippen molar-refractivity contribution in [1.29, 1.82) is 0 Å². The third kappa shape index (κ3) is 1.77. The molecule has 1 heterocycles. The van der Waals surface area contributed by atoms with Crippen molar-refractivity contribution in [3.8, 4) is 11.3 Å². The molecule has 0 amide bonds. The van der Waals surface area contributed by atoms with Crippen molar-refractivity contribution >= 4 is 12.4 Å². The molecule has 0 spiro atoms. The number of carbonyl (C=O) groups is 2. The van der Waals surface area contributed by atoms with Gasteiger partial charge in [-0.15, -0.1) is 0 Å². The van der Waals surface area contributed by atoms with Crippen molar-refractivity contribution < 1.29 is 23.5 Å². The largest absolute Gasteiger partial charge is 0.464 e. The van der Waals surface area contributed by atoms with Gasteiger partial charge in [0.2, 0.25) is 0 Å². The SMILES string of the molecule is O=Cc1ccc(-c2cccn2C(=O)O)c(F)c1F. The van der Waals surface area contributed by atoms with Gasteiger partial charge < -0.3 is 5.11 Å². The van der Waals surface area contributed by atoms with E-state index >= 15 is 0 Å². The number of hydrogen-bond acceptors (Lipinski definition) is 2. The number of hydrogen-bond donors (Lipinski definition) is 1. The fourth-order valence-corrected chi connectivity index (χ4v) is 1.62. The number of carbonyl (C=O) groups excluding carboxylic acids is 1. The summed E-state index contributed by atoms with van der Waals surface area (Å²) in [5.41, 5.74) is -0.633. The average molecular weight is 251 g/mol. The predicted octanol–water partition coefficient (Wildman–Crippen LogP) is 2.77. The molecule has 1 N–H and O–H groups in total. The van der Waals surface area contributed by atoms with Gasteiger partial charge in [0.05, 0.1) is 11.3 Å². The van der Waals surface area contributed by atoms with Crippen LogP contribution >= 0.6 is 0 Å². The van der Waals surface area contributed by atoms with Gasteiger partial charge in [-0.3, -0.25) is 9.36 Å². The van der Waals surface area contributed by atoms with E-state index in [0.29, 0.717) is 0 Å². The number of nitrogens with zero attached hydrogens (tertiary/aromatic N) is 1. The Labute approximate surface area is 100 Å². The van der Waals surface area contributed by atoms with E-state index in [0.717, 1.165) is 16.7 Å². The first-order valence-electron chi connectivity index (χ1n) is 4.90. The van der Waals surface area contributed by atoms with Crippen LogP contribution in [0.4, 0.5) is 13.6 Å². The van der Waals surface area contributed by atoms with E-state index in [9.17, 15) is 18.4 Å². The Morgan fingerprint density at radius 1 is 1.22 bits per heavy atom. The van der Waals surface area contributed by atoms with Crippen molar-refractivity contribution in [3.05, 3.63) is 47.7 Å². The maximum absolute atomic E-state index is 13.7. The lowest BCUT2D eigenvalue weighted by molar-refractivity contribution is 0.111. The predicted molar refractivity (Wildman–Crippen MR) is 58.6 cm³/mol. The number of benzene rings is 1. The van der Waals surface area contributed by atoms with Gasteiger partial charge in [-0.1, -0.05) is 0 Å².